The molecule has 0 aliphatic carbocycles. The van der Waals surface area contributed by atoms with E-state index in [0.717, 1.165) is 26.1 Å². The van der Waals surface area contributed by atoms with Gasteiger partial charge in [0.1, 0.15) is 6.07 Å². The third-order valence-corrected chi connectivity index (χ3v) is 4.31. The summed E-state index contributed by atoms with van der Waals surface area (Å²) < 4.78 is 14.6. The second-order valence-corrected chi connectivity index (χ2v) is 5.82. The van der Waals surface area contributed by atoms with Gasteiger partial charge in [0.2, 0.25) is 0 Å². The lowest BCUT2D eigenvalue weighted by molar-refractivity contribution is 0.337. The van der Waals surface area contributed by atoms with E-state index in [2.05, 4.69) is 39.7 Å². The molecule has 19 heavy (non-hydrogen) atoms. The molecule has 0 N–H and O–H groups in total. The summed E-state index contributed by atoms with van der Waals surface area (Å²) in [6.45, 7) is 4.88. The van der Waals surface area contributed by atoms with Crippen LogP contribution in [0.15, 0.2) is 16.6 Å². The minimum Gasteiger partial charge on any atom is -0.365 e. The average molecular weight is 326 g/mol. The normalized spacial score (nSPS) is 21.0. The van der Waals surface area contributed by atoms with Crippen molar-refractivity contribution in [2.24, 2.45) is 0 Å². The molecule has 1 aliphatic rings. The lowest BCUT2D eigenvalue weighted by Gasteiger charge is -2.30. The van der Waals surface area contributed by atoms with Crippen LogP contribution in [0.25, 0.3) is 0 Å². The van der Waals surface area contributed by atoms with E-state index in [9.17, 15) is 4.39 Å². The fourth-order valence-electron chi connectivity index (χ4n) is 2.58. The molecule has 1 heterocycles. The Balaban J connectivity index is 2.36. The molecule has 0 aromatic heterocycles. The summed E-state index contributed by atoms with van der Waals surface area (Å²) in [5.74, 6) is -0.338. The van der Waals surface area contributed by atoms with E-state index in [1.807, 2.05) is 6.07 Å². The molecule has 0 amide bonds. The van der Waals surface area contributed by atoms with Crippen LogP contribution in [0.2, 0.25) is 0 Å². The summed E-state index contributed by atoms with van der Waals surface area (Å²) in [5.41, 5.74) is 0.912. The molecule has 1 aromatic rings. The van der Waals surface area contributed by atoms with Crippen LogP contribution in [0.3, 0.4) is 0 Å². The van der Waals surface area contributed by atoms with E-state index in [4.69, 9.17) is 5.26 Å². The zero-order valence-electron chi connectivity index (χ0n) is 11.2. The van der Waals surface area contributed by atoms with Gasteiger partial charge in [0.25, 0.3) is 0 Å². The van der Waals surface area contributed by atoms with Gasteiger partial charge in [-0.3, -0.25) is 0 Å². The number of hydrogen-bond donors (Lipinski definition) is 0. The molecule has 1 unspecified atom stereocenters. The fourth-order valence-corrected chi connectivity index (χ4v) is 3.00. The maximum atomic E-state index is 14.4. The molecule has 1 atom stereocenters. The maximum Gasteiger partial charge on any atom is 0.161 e. The van der Waals surface area contributed by atoms with Crippen molar-refractivity contribution < 1.29 is 4.39 Å². The second-order valence-electron chi connectivity index (χ2n) is 5.03. The molecule has 2 rings (SSSR count). The number of benzene rings is 1. The molecule has 1 aromatic carbocycles. The summed E-state index contributed by atoms with van der Waals surface area (Å²) in [6, 6.07) is 5.61. The molecule has 102 valence electrons. The Morgan fingerprint density at radius 1 is 1.42 bits per heavy atom. The molecule has 1 fully saturated rings. The predicted molar refractivity (Wildman–Crippen MR) is 77.7 cm³/mol. The Morgan fingerprint density at radius 2 is 2.16 bits per heavy atom. The molecule has 3 nitrogen and oxygen atoms in total. The van der Waals surface area contributed by atoms with Gasteiger partial charge in [0.15, 0.2) is 5.82 Å². The summed E-state index contributed by atoms with van der Waals surface area (Å²) in [6.07, 6.45) is 1.01. The van der Waals surface area contributed by atoms with E-state index in [1.165, 1.54) is 0 Å². The molecular formula is C14H17BrFN3. The molecule has 0 bridgehead atoms. The van der Waals surface area contributed by atoms with Crippen molar-refractivity contribution in [2.45, 2.75) is 19.4 Å². The monoisotopic (exact) mass is 325 g/mol. The Kier molecular flexibility index (Phi) is 4.43. The van der Waals surface area contributed by atoms with Crippen molar-refractivity contribution in [1.82, 2.24) is 4.90 Å². The highest BCUT2D eigenvalue weighted by Crippen LogP contribution is 2.31. The van der Waals surface area contributed by atoms with Crippen molar-refractivity contribution in [1.29, 1.82) is 5.26 Å². The molecule has 1 aliphatic heterocycles. The predicted octanol–water partition coefficient (Wildman–Crippen LogP) is 2.99. The van der Waals surface area contributed by atoms with Crippen LogP contribution in [0.1, 0.15) is 18.9 Å². The third kappa shape index (κ3) is 2.90. The molecule has 0 saturated carbocycles. The van der Waals surface area contributed by atoms with Gasteiger partial charge in [0, 0.05) is 19.1 Å². The number of rotatable bonds is 1. The van der Waals surface area contributed by atoms with Crippen LogP contribution in [-0.2, 0) is 0 Å². The Morgan fingerprint density at radius 3 is 2.84 bits per heavy atom. The topological polar surface area (TPSA) is 30.3 Å². The van der Waals surface area contributed by atoms with Crippen molar-refractivity contribution in [2.75, 3.05) is 31.6 Å². The SMILES string of the molecule is CC1CN(C)CCCN1c1ccc(C#N)c(Br)c1F. The van der Waals surface area contributed by atoms with Gasteiger partial charge >= 0.3 is 0 Å². The molecule has 0 spiro atoms. The van der Waals surface area contributed by atoms with E-state index in [0.29, 0.717) is 11.3 Å². The zero-order valence-corrected chi connectivity index (χ0v) is 12.7. The quantitative estimate of drug-likeness (QED) is 0.795. The van der Waals surface area contributed by atoms with Crippen LogP contribution in [-0.4, -0.2) is 37.6 Å². The van der Waals surface area contributed by atoms with Crippen molar-refractivity contribution >= 4 is 21.6 Å². The highest BCUT2D eigenvalue weighted by Gasteiger charge is 2.23. The number of nitrogens with zero attached hydrogens (tertiary/aromatic N) is 3. The molecular weight excluding hydrogens is 309 g/mol. The first-order valence-corrected chi connectivity index (χ1v) is 7.17. The lowest BCUT2D eigenvalue weighted by Crippen LogP contribution is -2.38. The van der Waals surface area contributed by atoms with E-state index in [-0.39, 0.29) is 16.3 Å². The number of likely N-dealkylation sites (N-methyl/N-ethyl adjacent to an activating group) is 1. The van der Waals surface area contributed by atoms with Gasteiger partial charge in [-0.25, -0.2) is 4.39 Å². The summed E-state index contributed by atoms with van der Waals surface area (Å²) in [4.78, 5) is 4.35. The first-order chi connectivity index (χ1) is 9.04. The Labute approximate surface area is 121 Å². The van der Waals surface area contributed by atoms with Crippen LogP contribution in [0.4, 0.5) is 10.1 Å². The van der Waals surface area contributed by atoms with Crippen LogP contribution in [0.5, 0.6) is 0 Å². The summed E-state index contributed by atoms with van der Waals surface area (Å²) >= 11 is 3.17. The highest BCUT2D eigenvalue weighted by molar-refractivity contribution is 9.10. The van der Waals surface area contributed by atoms with Gasteiger partial charge in [-0.2, -0.15) is 5.26 Å². The maximum absolute atomic E-state index is 14.4. The number of anilines is 1. The highest BCUT2D eigenvalue weighted by atomic mass is 79.9. The first-order valence-electron chi connectivity index (χ1n) is 6.38. The van der Waals surface area contributed by atoms with Crippen molar-refractivity contribution in [3.8, 4) is 6.07 Å². The van der Waals surface area contributed by atoms with Gasteiger partial charge in [0.05, 0.1) is 15.7 Å². The minimum absolute atomic E-state index is 0.252. The first kappa shape index (κ1) is 14.3. The molecule has 5 heteroatoms. The third-order valence-electron chi connectivity index (χ3n) is 3.54. The van der Waals surface area contributed by atoms with Gasteiger partial charge in [-0.05, 0) is 55.0 Å². The molecule has 0 radical (unpaired) electrons. The Hall–Kier alpha value is -1.12. The van der Waals surface area contributed by atoms with Crippen molar-refractivity contribution in [3.63, 3.8) is 0 Å². The second kappa shape index (κ2) is 5.89. The van der Waals surface area contributed by atoms with Gasteiger partial charge in [-0.1, -0.05) is 0 Å². The smallest absolute Gasteiger partial charge is 0.161 e. The zero-order chi connectivity index (χ0) is 14.0. The average Bonchev–Trinajstić information content (AvgIpc) is 2.54. The van der Waals surface area contributed by atoms with Crippen LogP contribution < -0.4 is 4.90 Å². The number of halogens is 2. The number of hydrogen-bond acceptors (Lipinski definition) is 3. The van der Waals surface area contributed by atoms with Crippen molar-refractivity contribution in [3.05, 3.63) is 28.0 Å². The Bertz CT molecular complexity index is 512. The standard InChI is InChI=1S/C14H17BrFN3/c1-10-9-18(2)6-3-7-19(10)12-5-4-11(8-17)13(15)14(12)16/h4-5,10H,3,6-7,9H2,1-2H3. The van der Waals surface area contributed by atoms with E-state index >= 15 is 0 Å². The minimum atomic E-state index is -0.338. The summed E-state index contributed by atoms with van der Waals surface area (Å²) in [7, 11) is 2.09. The van der Waals surface area contributed by atoms with Gasteiger partial charge in [-0.15, -0.1) is 0 Å². The van der Waals surface area contributed by atoms with Crippen LogP contribution in [0, 0.1) is 17.1 Å². The van der Waals surface area contributed by atoms with Gasteiger partial charge < -0.3 is 9.80 Å². The molecule has 1 saturated heterocycles. The van der Waals surface area contributed by atoms with E-state index < -0.39 is 0 Å². The lowest BCUT2D eigenvalue weighted by atomic mass is 10.1. The summed E-state index contributed by atoms with van der Waals surface area (Å²) in [5, 5.41) is 8.91. The van der Waals surface area contributed by atoms with E-state index in [1.54, 1.807) is 12.1 Å². The number of nitriles is 1. The largest absolute Gasteiger partial charge is 0.365 e. The van der Waals surface area contributed by atoms with Crippen LogP contribution >= 0.6 is 15.9 Å². The fraction of sp³-hybridized carbons (Fsp3) is 0.500.